The molecule has 2 rings (SSSR count). The van der Waals surface area contributed by atoms with Crippen molar-refractivity contribution in [3.05, 3.63) is 54.1 Å². The third kappa shape index (κ3) is 4.82. The van der Waals surface area contributed by atoms with Gasteiger partial charge in [0.25, 0.3) is 5.91 Å². The maximum atomic E-state index is 12.3. The molecule has 0 radical (unpaired) electrons. The third-order valence-corrected chi connectivity index (χ3v) is 4.67. The first-order chi connectivity index (χ1) is 12.2. The summed E-state index contributed by atoms with van der Waals surface area (Å²) in [5.41, 5.74) is 0.398. The topological polar surface area (TPSA) is 98.8 Å². The van der Waals surface area contributed by atoms with Gasteiger partial charge in [0.1, 0.15) is 5.75 Å². The maximum absolute atomic E-state index is 12.3. The zero-order chi connectivity index (χ0) is 19.3. The van der Waals surface area contributed by atoms with Gasteiger partial charge < -0.3 is 14.8 Å². The van der Waals surface area contributed by atoms with Gasteiger partial charge in [-0.15, -0.1) is 0 Å². The van der Waals surface area contributed by atoms with Crippen molar-refractivity contribution in [2.45, 2.75) is 17.9 Å². The molecule has 26 heavy (non-hydrogen) atoms. The summed E-state index contributed by atoms with van der Waals surface area (Å²) in [6.07, 6.45) is -0.115. The number of carbonyl (C=O) groups is 2. The normalized spacial score (nSPS) is 12.1. The average molecular weight is 377 g/mol. The second-order valence-electron chi connectivity index (χ2n) is 5.53. The largest absolute Gasteiger partial charge is 0.497 e. The fraction of sp³-hybridized carbons (Fsp3) is 0.222. The summed E-state index contributed by atoms with van der Waals surface area (Å²) in [7, 11) is -2.07. The molecule has 7 nitrogen and oxygen atoms in total. The highest BCUT2D eigenvalue weighted by atomic mass is 32.2. The second kappa shape index (κ2) is 8.01. The van der Waals surface area contributed by atoms with Gasteiger partial charge in [0.05, 0.1) is 17.6 Å². The van der Waals surface area contributed by atoms with E-state index in [-0.39, 0.29) is 10.5 Å². The minimum atomic E-state index is -3.60. The van der Waals surface area contributed by atoms with E-state index in [0.29, 0.717) is 11.4 Å². The second-order valence-corrected chi connectivity index (χ2v) is 7.52. The summed E-state index contributed by atoms with van der Waals surface area (Å²) >= 11 is 0. The van der Waals surface area contributed by atoms with Crippen LogP contribution in [0.1, 0.15) is 17.3 Å². The van der Waals surface area contributed by atoms with Crippen LogP contribution in [-0.4, -0.2) is 39.8 Å². The quantitative estimate of drug-likeness (QED) is 0.776. The highest BCUT2D eigenvalue weighted by Gasteiger charge is 2.23. The van der Waals surface area contributed by atoms with Gasteiger partial charge in [-0.25, -0.2) is 13.2 Å². The molecule has 138 valence electrons. The Balaban J connectivity index is 2.08. The molecule has 0 fully saturated rings. The minimum Gasteiger partial charge on any atom is -0.497 e. The summed E-state index contributed by atoms with van der Waals surface area (Å²) in [5, 5.41) is 2.60. The summed E-state index contributed by atoms with van der Waals surface area (Å²) in [5.74, 6) is -0.788. The first-order valence-corrected chi connectivity index (χ1v) is 9.56. The molecule has 0 unspecified atom stereocenters. The molecular weight excluding hydrogens is 358 g/mol. The number of anilines is 1. The molecule has 1 atom stereocenters. The van der Waals surface area contributed by atoms with Crippen LogP contribution in [0.25, 0.3) is 0 Å². The van der Waals surface area contributed by atoms with Crippen molar-refractivity contribution in [3.63, 3.8) is 0 Å². The number of rotatable bonds is 6. The van der Waals surface area contributed by atoms with Crippen LogP contribution < -0.4 is 10.1 Å². The predicted octanol–water partition coefficient (Wildman–Crippen LogP) is 2.28. The molecular formula is C18H19NO6S. The van der Waals surface area contributed by atoms with E-state index in [1.807, 2.05) is 0 Å². The number of amides is 1. The Hall–Kier alpha value is -2.87. The van der Waals surface area contributed by atoms with Crippen molar-refractivity contribution in [2.75, 3.05) is 18.7 Å². The van der Waals surface area contributed by atoms with Gasteiger partial charge in [-0.2, -0.15) is 0 Å². The zero-order valence-electron chi connectivity index (χ0n) is 14.6. The lowest BCUT2D eigenvalue weighted by atomic mass is 10.2. The number of benzene rings is 2. The van der Waals surface area contributed by atoms with Crippen LogP contribution in [0.2, 0.25) is 0 Å². The molecule has 0 saturated heterocycles. The van der Waals surface area contributed by atoms with Crippen LogP contribution in [0.15, 0.2) is 53.4 Å². The number of nitrogens with one attached hydrogen (secondary N) is 1. The van der Waals surface area contributed by atoms with Crippen molar-refractivity contribution in [2.24, 2.45) is 0 Å². The predicted molar refractivity (Wildman–Crippen MR) is 96.1 cm³/mol. The molecule has 1 amide bonds. The Morgan fingerprint density at radius 2 is 1.65 bits per heavy atom. The lowest BCUT2D eigenvalue weighted by Gasteiger charge is -2.15. The smallest absolute Gasteiger partial charge is 0.340 e. The van der Waals surface area contributed by atoms with Crippen molar-refractivity contribution in [1.29, 1.82) is 0 Å². The first-order valence-electron chi connectivity index (χ1n) is 7.67. The molecule has 0 heterocycles. The molecule has 1 N–H and O–H groups in total. The fourth-order valence-electron chi connectivity index (χ4n) is 2.15. The Bertz CT molecular complexity index is 906. The molecule has 0 aliphatic heterocycles. The van der Waals surface area contributed by atoms with Crippen LogP contribution in [0.3, 0.4) is 0 Å². The molecule has 0 bridgehead atoms. The van der Waals surface area contributed by atoms with E-state index in [9.17, 15) is 18.0 Å². The molecule has 0 spiro atoms. The Labute approximate surface area is 151 Å². The van der Waals surface area contributed by atoms with Gasteiger partial charge in [0, 0.05) is 11.9 Å². The van der Waals surface area contributed by atoms with Crippen molar-refractivity contribution < 1.29 is 27.5 Å². The molecule has 2 aromatic rings. The van der Waals surface area contributed by atoms with Gasteiger partial charge in [-0.3, -0.25) is 4.79 Å². The average Bonchev–Trinajstić information content (AvgIpc) is 2.61. The van der Waals surface area contributed by atoms with E-state index in [2.05, 4.69) is 5.32 Å². The standard InChI is InChI=1S/C18H19NO6S/c1-12(17(20)19-13-8-10-14(24-2)11-9-13)25-18(21)15-6-4-5-7-16(15)26(3,22)23/h4-12H,1-3H3,(H,19,20)/t12-/m0/s1. The highest BCUT2D eigenvalue weighted by molar-refractivity contribution is 7.90. The summed E-state index contributed by atoms with van der Waals surface area (Å²) in [6.45, 7) is 1.40. The number of hydrogen-bond donors (Lipinski definition) is 1. The summed E-state index contributed by atoms with van der Waals surface area (Å²) in [4.78, 5) is 24.3. The lowest BCUT2D eigenvalue weighted by molar-refractivity contribution is -0.123. The number of sulfone groups is 1. The fourth-order valence-corrected chi connectivity index (χ4v) is 3.03. The van der Waals surface area contributed by atoms with Gasteiger partial charge in [-0.1, -0.05) is 12.1 Å². The van der Waals surface area contributed by atoms with E-state index in [4.69, 9.17) is 9.47 Å². The van der Waals surface area contributed by atoms with Crippen LogP contribution in [-0.2, 0) is 19.4 Å². The maximum Gasteiger partial charge on any atom is 0.340 e. The van der Waals surface area contributed by atoms with Gasteiger partial charge >= 0.3 is 5.97 Å². The molecule has 0 aliphatic rings. The first kappa shape index (κ1) is 19.5. The number of esters is 1. The van der Waals surface area contributed by atoms with E-state index in [1.165, 1.54) is 38.3 Å². The van der Waals surface area contributed by atoms with E-state index in [0.717, 1.165) is 6.26 Å². The Kier molecular flexibility index (Phi) is 5.99. The van der Waals surface area contributed by atoms with Crippen LogP contribution in [0.5, 0.6) is 5.75 Å². The van der Waals surface area contributed by atoms with Crippen molar-refractivity contribution in [1.82, 2.24) is 0 Å². The monoisotopic (exact) mass is 377 g/mol. The lowest BCUT2D eigenvalue weighted by Crippen LogP contribution is -2.30. The number of carbonyl (C=O) groups excluding carboxylic acids is 2. The number of hydrogen-bond acceptors (Lipinski definition) is 6. The highest BCUT2D eigenvalue weighted by Crippen LogP contribution is 2.18. The Morgan fingerprint density at radius 1 is 1.04 bits per heavy atom. The Morgan fingerprint density at radius 3 is 2.23 bits per heavy atom. The van der Waals surface area contributed by atoms with Gasteiger partial charge in [0.2, 0.25) is 0 Å². The van der Waals surface area contributed by atoms with Crippen LogP contribution in [0, 0.1) is 0 Å². The molecule has 0 saturated carbocycles. The van der Waals surface area contributed by atoms with E-state index < -0.39 is 27.8 Å². The molecule has 0 aliphatic carbocycles. The minimum absolute atomic E-state index is 0.112. The number of ether oxygens (including phenoxy) is 2. The number of methoxy groups -OCH3 is 1. The van der Waals surface area contributed by atoms with Crippen molar-refractivity contribution >= 4 is 27.4 Å². The van der Waals surface area contributed by atoms with Crippen molar-refractivity contribution in [3.8, 4) is 5.75 Å². The molecule has 0 aromatic heterocycles. The third-order valence-electron chi connectivity index (χ3n) is 3.52. The summed E-state index contributed by atoms with van der Waals surface area (Å²) in [6, 6.07) is 12.3. The molecule has 2 aromatic carbocycles. The molecule has 8 heteroatoms. The van der Waals surface area contributed by atoms with E-state index >= 15 is 0 Å². The zero-order valence-corrected chi connectivity index (χ0v) is 15.4. The van der Waals surface area contributed by atoms with E-state index in [1.54, 1.807) is 24.3 Å². The van der Waals surface area contributed by atoms with Crippen LogP contribution in [0.4, 0.5) is 5.69 Å². The SMILES string of the molecule is COc1ccc(NC(=O)[C@H](C)OC(=O)c2ccccc2S(C)(=O)=O)cc1. The van der Waals surface area contributed by atoms with Gasteiger partial charge in [-0.05, 0) is 43.3 Å². The van der Waals surface area contributed by atoms with Crippen LogP contribution >= 0.6 is 0 Å². The van der Waals surface area contributed by atoms with Gasteiger partial charge in [0.15, 0.2) is 15.9 Å². The summed E-state index contributed by atoms with van der Waals surface area (Å²) < 4.78 is 33.7.